The van der Waals surface area contributed by atoms with Crippen LogP contribution in [0.4, 0.5) is 4.79 Å². The lowest BCUT2D eigenvalue weighted by atomic mass is 9.70. The topological polar surface area (TPSA) is 77.0 Å². The first-order valence-electron chi connectivity index (χ1n) is 11.3. The van der Waals surface area contributed by atoms with Gasteiger partial charge in [0.05, 0.1) is 5.71 Å². The van der Waals surface area contributed by atoms with Crippen LogP contribution in [0.15, 0.2) is 29.3 Å². The Morgan fingerprint density at radius 2 is 2.00 bits per heavy atom. The number of nitrogens with zero attached hydrogens (tertiary/aromatic N) is 1. The number of benzene rings is 1. The molecule has 2 bridgehead atoms. The van der Waals surface area contributed by atoms with Crippen molar-refractivity contribution in [2.24, 2.45) is 21.7 Å². The highest BCUT2D eigenvalue weighted by Crippen LogP contribution is 2.65. The van der Waals surface area contributed by atoms with E-state index in [9.17, 15) is 9.59 Å². The van der Waals surface area contributed by atoms with Crippen LogP contribution in [0.5, 0.6) is 0 Å². The largest absolute Gasteiger partial charge is 0.454 e. The van der Waals surface area contributed by atoms with Crippen molar-refractivity contribution in [1.29, 1.82) is 0 Å². The SMILES string of the molecule is CC(C)(C)OC(=O)NC[C@H](c1ccccc1Cl)[C@@H]1N=C2[C@H](OC1=O)[C@H]1CC[C@]2(C)C1(C)C. The van der Waals surface area contributed by atoms with Gasteiger partial charge in [-0.3, -0.25) is 4.99 Å². The standard InChI is InChI=1S/C25H33ClN2O4/c1-23(2,3)32-22(30)27-13-15(14-9-7-8-10-17(14)26)18-21(29)31-19-16-11-12-25(6,20(19)28-18)24(16,4)5/h7-10,15-16,18-19H,11-13H2,1-6H3,(H,27,30)/t15-,16-,18+,19-,25+/m1/s1. The number of hydrogen-bond acceptors (Lipinski definition) is 5. The first kappa shape index (κ1) is 23.1. The number of ether oxygens (including phenoxy) is 2. The molecule has 3 aliphatic rings. The van der Waals surface area contributed by atoms with Crippen molar-refractivity contribution in [3.05, 3.63) is 34.9 Å². The van der Waals surface area contributed by atoms with Gasteiger partial charge < -0.3 is 14.8 Å². The third kappa shape index (κ3) is 3.70. The summed E-state index contributed by atoms with van der Waals surface area (Å²) in [4.78, 5) is 30.6. The lowest BCUT2D eigenvalue weighted by Crippen LogP contribution is -2.48. The summed E-state index contributed by atoms with van der Waals surface area (Å²) in [6.45, 7) is 12.3. The molecular weight excluding hydrogens is 428 g/mol. The van der Waals surface area contributed by atoms with Crippen LogP contribution in [0.25, 0.3) is 0 Å². The Bertz CT molecular complexity index is 967. The molecule has 1 aliphatic heterocycles. The first-order valence-corrected chi connectivity index (χ1v) is 11.7. The fraction of sp³-hybridized carbons (Fsp3) is 0.640. The van der Waals surface area contributed by atoms with Gasteiger partial charge >= 0.3 is 12.1 Å². The van der Waals surface area contributed by atoms with Gasteiger partial charge in [0.15, 0.2) is 6.04 Å². The maximum Gasteiger partial charge on any atom is 0.407 e. The predicted molar refractivity (Wildman–Crippen MR) is 124 cm³/mol. The zero-order valence-electron chi connectivity index (χ0n) is 19.7. The van der Waals surface area contributed by atoms with E-state index in [1.165, 1.54) is 0 Å². The molecule has 5 atom stereocenters. The number of aliphatic imine (C=N–C) groups is 1. The smallest absolute Gasteiger partial charge is 0.407 e. The highest BCUT2D eigenvalue weighted by molar-refractivity contribution is 6.31. The molecule has 7 heteroatoms. The van der Waals surface area contributed by atoms with Crippen LogP contribution in [0.3, 0.4) is 0 Å². The van der Waals surface area contributed by atoms with Gasteiger partial charge in [0.25, 0.3) is 0 Å². The molecular formula is C25H33ClN2O4. The van der Waals surface area contributed by atoms with E-state index < -0.39 is 23.7 Å². The van der Waals surface area contributed by atoms with E-state index in [-0.39, 0.29) is 35.4 Å². The normalized spacial score (nSPS) is 31.4. The van der Waals surface area contributed by atoms with Crippen LogP contribution < -0.4 is 5.32 Å². The van der Waals surface area contributed by atoms with E-state index in [0.717, 1.165) is 24.1 Å². The molecule has 0 aromatic heterocycles. The molecule has 1 aromatic carbocycles. The number of carbonyl (C=O) groups is 2. The molecule has 174 valence electrons. The minimum absolute atomic E-state index is 0.0142. The lowest BCUT2D eigenvalue weighted by molar-refractivity contribution is -0.152. The molecule has 1 N–H and O–H groups in total. The monoisotopic (exact) mass is 460 g/mol. The summed E-state index contributed by atoms with van der Waals surface area (Å²) in [5, 5.41) is 3.33. The van der Waals surface area contributed by atoms with E-state index >= 15 is 0 Å². The zero-order valence-corrected chi connectivity index (χ0v) is 20.5. The maximum atomic E-state index is 13.2. The van der Waals surface area contributed by atoms with Crippen LogP contribution in [-0.4, -0.2) is 42.1 Å². The average molecular weight is 461 g/mol. The Morgan fingerprint density at radius 3 is 2.66 bits per heavy atom. The number of halogens is 1. The molecule has 6 nitrogen and oxygen atoms in total. The molecule has 0 saturated heterocycles. The molecule has 4 rings (SSSR count). The summed E-state index contributed by atoms with van der Waals surface area (Å²) < 4.78 is 11.4. The van der Waals surface area contributed by atoms with Crippen molar-refractivity contribution in [2.45, 2.75) is 78.0 Å². The molecule has 1 heterocycles. The van der Waals surface area contributed by atoms with Gasteiger partial charge in [0.2, 0.25) is 0 Å². The van der Waals surface area contributed by atoms with Crippen LogP contribution in [0, 0.1) is 16.7 Å². The second kappa shape index (κ2) is 7.75. The van der Waals surface area contributed by atoms with Gasteiger partial charge in [-0.25, -0.2) is 9.59 Å². The average Bonchev–Trinajstić information content (AvgIpc) is 3.00. The minimum atomic E-state index is -0.775. The van der Waals surface area contributed by atoms with Crippen molar-refractivity contribution in [2.75, 3.05) is 6.54 Å². The third-order valence-corrected chi connectivity index (χ3v) is 8.16. The minimum Gasteiger partial charge on any atom is -0.454 e. The summed E-state index contributed by atoms with van der Waals surface area (Å²) in [7, 11) is 0. The first-order chi connectivity index (χ1) is 14.8. The number of amides is 1. The summed E-state index contributed by atoms with van der Waals surface area (Å²) in [5.74, 6) is -0.542. The lowest BCUT2D eigenvalue weighted by Gasteiger charge is -2.37. The molecule has 0 unspecified atom stereocenters. The Labute approximate surface area is 195 Å². The van der Waals surface area contributed by atoms with Gasteiger partial charge in [-0.2, -0.15) is 0 Å². The van der Waals surface area contributed by atoms with Gasteiger partial charge in [0, 0.05) is 28.8 Å². The third-order valence-electron chi connectivity index (χ3n) is 7.82. The second-order valence-corrected chi connectivity index (χ2v) is 11.4. The highest BCUT2D eigenvalue weighted by Gasteiger charge is 2.67. The number of alkyl carbamates (subject to hydrolysis) is 1. The van der Waals surface area contributed by atoms with Crippen LogP contribution in [-0.2, 0) is 14.3 Å². The van der Waals surface area contributed by atoms with E-state index in [1.807, 2.05) is 18.2 Å². The zero-order chi connectivity index (χ0) is 23.5. The van der Waals surface area contributed by atoms with E-state index in [0.29, 0.717) is 5.02 Å². The predicted octanol–water partition coefficient (Wildman–Crippen LogP) is 5.14. The van der Waals surface area contributed by atoms with E-state index in [4.69, 9.17) is 26.1 Å². The molecule has 1 amide bonds. The van der Waals surface area contributed by atoms with E-state index in [2.05, 4.69) is 26.1 Å². The number of nitrogens with one attached hydrogen (secondary N) is 1. The van der Waals surface area contributed by atoms with Crippen molar-refractivity contribution in [1.82, 2.24) is 5.32 Å². The van der Waals surface area contributed by atoms with Gasteiger partial charge in [-0.1, -0.05) is 50.6 Å². The Kier molecular flexibility index (Phi) is 5.60. The Balaban J connectivity index is 1.68. The van der Waals surface area contributed by atoms with Gasteiger partial charge in [0.1, 0.15) is 11.7 Å². The van der Waals surface area contributed by atoms with Gasteiger partial charge in [-0.05, 0) is 50.7 Å². The van der Waals surface area contributed by atoms with Crippen LogP contribution >= 0.6 is 11.6 Å². The summed E-state index contributed by atoms with van der Waals surface area (Å²) in [6, 6.07) is 6.58. The number of fused-ring (bicyclic) bond motifs is 5. The summed E-state index contributed by atoms with van der Waals surface area (Å²) >= 11 is 6.51. The summed E-state index contributed by atoms with van der Waals surface area (Å²) in [6.07, 6.45) is 1.28. The van der Waals surface area contributed by atoms with Crippen LogP contribution in [0.1, 0.15) is 65.9 Å². The number of hydrogen-bond donors (Lipinski definition) is 1. The Morgan fingerprint density at radius 1 is 1.31 bits per heavy atom. The second-order valence-electron chi connectivity index (χ2n) is 11.0. The molecule has 0 radical (unpaired) electrons. The fourth-order valence-electron chi connectivity index (χ4n) is 5.71. The van der Waals surface area contributed by atoms with Crippen molar-refractivity contribution in [3.63, 3.8) is 0 Å². The quantitative estimate of drug-likeness (QED) is 0.631. The van der Waals surface area contributed by atoms with Crippen LogP contribution in [0.2, 0.25) is 5.02 Å². The number of carbonyl (C=O) groups excluding carboxylic acids is 2. The summed E-state index contributed by atoms with van der Waals surface area (Å²) in [5.41, 5.74) is 1.02. The molecule has 2 fully saturated rings. The van der Waals surface area contributed by atoms with Crippen molar-refractivity contribution in [3.8, 4) is 0 Å². The van der Waals surface area contributed by atoms with E-state index in [1.54, 1.807) is 26.8 Å². The molecule has 32 heavy (non-hydrogen) atoms. The number of rotatable bonds is 4. The fourth-order valence-corrected chi connectivity index (χ4v) is 5.99. The molecule has 1 aromatic rings. The number of esters is 1. The molecule has 2 saturated carbocycles. The molecule has 2 aliphatic carbocycles. The van der Waals surface area contributed by atoms with Crippen molar-refractivity contribution >= 4 is 29.4 Å². The van der Waals surface area contributed by atoms with Gasteiger partial charge in [-0.15, -0.1) is 0 Å². The maximum absolute atomic E-state index is 13.2. The highest BCUT2D eigenvalue weighted by atomic mass is 35.5. The molecule has 0 spiro atoms. The van der Waals surface area contributed by atoms with Crippen molar-refractivity contribution < 1.29 is 19.1 Å². The Hall–Kier alpha value is -2.08.